The van der Waals surface area contributed by atoms with E-state index in [9.17, 15) is 0 Å². The van der Waals surface area contributed by atoms with Crippen LogP contribution in [0.3, 0.4) is 0 Å². The molecule has 0 saturated carbocycles. The average molecular weight is 246 g/mol. The van der Waals surface area contributed by atoms with E-state index in [1.807, 2.05) is 18.2 Å². The minimum Gasteiger partial charge on any atom is -0.441 e. The van der Waals surface area contributed by atoms with Crippen LogP contribution >= 0.6 is 0 Å². The molecule has 0 amide bonds. The van der Waals surface area contributed by atoms with Crippen molar-refractivity contribution >= 4 is 16.8 Å². The van der Waals surface area contributed by atoms with Gasteiger partial charge in [-0.15, -0.1) is 0 Å². The summed E-state index contributed by atoms with van der Waals surface area (Å²) in [4.78, 5) is 4.46. The molecule has 0 spiro atoms. The fourth-order valence-corrected chi connectivity index (χ4v) is 2.42. The van der Waals surface area contributed by atoms with Crippen LogP contribution in [0.25, 0.3) is 11.1 Å². The van der Waals surface area contributed by atoms with E-state index in [1.54, 1.807) is 0 Å². The molecule has 1 aromatic heterocycles. The van der Waals surface area contributed by atoms with Gasteiger partial charge in [-0.3, -0.25) is 0 Å². The Balaban J connectivity index is 1.67. The Morgan fingerprint density at radius 2 is 2.28 bits per heavy atom. The van der Waals surface area contributed by atoms with Gasteiger partial charge in [-0.1, -0.05) is 0 Å². The molecule has 2 heterocycles. The molecule has 3 rings (SSSR count). The number of nitrogens with two attached hydrogens (primary N) is 1. The van der Waals surface area contributed by atoms with Gasteiger partial charge in [0, 0.05) is 18.7 Å². The van der Waals surface area contributed by atoms with Crippen LogP contribution in [0.1, 0.15) is 31.6 Å². The zero-order chi connectivity index (χ0) is 12.4. The number of fused-ring (bicyclic) bond motifs is 1. The highest BCUT2D eigenvalue weighted by atomic mass is 16.5. The second-order valence-electron chi connectivity index (χ2n) is 4.86. The molecule has 1 saturated heterocycles. The Kier molecular flexibility index (Phi) is 3.19. The van der Waals surface area contributed by atoms with Crippen LogP contribution in [0, 0.1) is 0 Å². The lowest BCUT2D eigenvalue weighted by Gasteiger charge is -2.21. The van der Waals surface area contributed by atoms with Crippen LogP contribution in [0.2, 0.25) is 0 Å². The van der Waals surface area contributed by atoms with Crippen molar-refractivity contribution in [3.8, 4) is 0 Å². The summed E-state index contributed by atoms with van der Waals surface area (Å²) >= 11 is 0. The minimum atomic E-state index is 0.374. The molecule has 2 N–H and O–H groups in total. The quantitative estimate of drug-likeness (QED) is 0.846. The first-order chi connectivity index (χ1) is 8.81. The molecule has 0 bridgehead atoms. The molecule has 1 aromatic carbocycles. The van der Waals surface area contributed by atoms with Gasteiger partial charge in [0.15, 0.2) is 11.5 Å². The Labute approximate surface area is 106 Å². The average Bonchev–Trinajstić information content (AvgIpc) is 2.79. The highest BCUT2D eigenvalue weighted by Crippen LogP contribution is 2.21. The summed E-state index contributed by atoms with van der Waals surface area (Å²) in [6.07, 6.45) is 5.82. The van der Waals surface area contributed by atoms with E-state index in [0.717, 1.165) is 48.5 Å². The van der Waals surface area contributed by atoms with Gasteiger partial charge in [0.25, 0.3) is 0 Å². The number of oxazole rings is 1. The van der Waals surface area contributed by atoms with E-state index < -0.39 is 0 Å². The van der Waals surface area contributed by atoms with Crippen molar-refractivity contribution < 1.29 is 9.15 Å². The van der Waals surface area contributed by atoms with E-state index in [0.29, 0.717) is 6.10 Å². The fourth-order valence-electron chi connectivity index (χ4n) is 2.42. The van der Waals surface area contributed by atoms with Crippen molar-refractivity contribution in [3.05, 3.63) is 24.1 Å². The standard InChI is InChI=1S/C14H18N2O2/c15-10-4-6-13-12(9-10)16-14(18-13)7-5-11-3-1-2-8-17-11/h4,6,9,11H,1-3,5,7-8,15H2. The molecular formula is C14H18N2O2. The maximum Gasteiger partial charge on any atom is 0.195 e. The molecule has 4 heteroatoms. The molecule has 96 valence electrons. The molecule has 0 aliphatic carbocycles. The van der Waals surface area contributed by atoms with Crippen LogP contribution in [-0.2, 0) is 11.2 Å². The van der Waals surface area contributed by atoms with Crippen molar-refractivity contribution in [2.45, 2.75) is 38.2 Å². The summed E-state index contributed by atoms with van der Waals surface area (Å²) in [6, 6.07) is 5.55. The highest BCUT2D eigenvalue weighted by Gasteiger charge is 2.15. The lowest BCUT2D eigenvalue weighted by atomic mass is 10.0. The summed E-state index contributed by atoms with van der Waals surface area (Å²) in [7, 11) is 0. The molecule has 1 unspecified atom stereocenters. The monoisotopic (exact) mass is 246 g/mol. The Morgan fingerprint density at radius 1 is 1.33 bits per heavy atom. The Morgan fingerprint density at radius 3 is 3.11 bits per heavy atom. The van der Waals surface area contributed by atoms with Crippen molar-refractivity contribution in [2.75, 3.05) is 12.3 Å². The summed E-state index contributed by atoms with van der Waals surface area (Å²) in [5, 5.41) is 0. The van der Waals surface area contributed by atoms with Crippen LogP contribution in [0.4, 0.5) is 5.69 Å². The summed E-state index contributed by atoms with van der Waals surface area (Å²) < 4.78 is 11.4. The zero-order valence-corrected chi connectivity index (χ0v) is 10.4. The van der Waals surface area contributed by atoms with Gasteiger partial charge in [-0.05, 0) is 43.9 Å². The van der Waals surface area contributed by atoms with Gasteiger partial charge in [0.2, 0.25) is 0 Å². The van der Waals surface area contributed by atoms with Crippen molar-refractivity contribution in [1.82, 2.24) is 4.98 Å². The van der Waals surface area contributed by atoms with Gasteiger partial charge in [-0.2, -0.15) is 0 Å². The van der Waals surface area contributed by atoms with Crippen LogP contribution < -0.4 is 5.73 Å². The van der Waals surface area contributed by atoms with Crippen LogP contribution in [0.15, 0.2) is 22.6 Å². The predicted molar refractivity (Wildman–Crippen MR) is 70.3 cm³/mol. The second-order valence-corrected chi connectivity index (χ2v) is 4.86. The number of rotatable bonds is 3. The number of ether oxygens (including phenoxy) is 1. The number of nitrogen functional groups attached to an aromatic ring is 1. The normalized spacial score (nSPS) is 20.3. The van der Waals surface area contributed by atoms with E-state index >= 15 is 0 Å². The number of hydrogen-bond acceptors (Lipinski definition) is 4. The maximum atomic E-state index is 5.72. The molecule has 4 nitrogen and oxygen atoms in total. The number of aromatic nitrogens is 1. The molecule has 2 aromatic rings. The predicted octanol–water partition coefficient (Wildman–Crippen LogP) is 2.91. The van der Waals surface area contributed by atoms with Crippen LogP contribution in [-0.4, -0.2) is 17.7 Å². The highest BCUT2D eigenvalue weighted by molar-refractivity contribution is 5.76. The van der Waals surface area contributed by atoms with E-state index in [-0.39, 0.29) is 0 Å². The maximum absolute atomic E-state index is 5.72. The summed E-state index contributed by atoms with van der Waals surface area (Å²) in [6.45, 7) is 0.898. The largest absolute Gasteiger partial charge is 0.441 e. The Bertz CT molecular complexity index is 530. The molecular weight excluding hydrogens is 228 g/mol. The number of benzene rings is 1. The lowest BCUT2D eigenvalue weighted by molar-refractivity contribution is 0.0106. The number of hydrogen-bond donors (Lipinski definition) is 1. The second kappa shape index (κ2) is 4.98. The molecule has 18 heavy (non-hydrogen) atoms. The summed E-state index contributed by atoms with van der Waals surface area (Å²) in [5.74, 6) is 0.782. The first-order valence-corrected chi connectivity index (χ1v) is 6.58. The molecule has 1 fully saturated rings. The third-order valence-electron chi connectivity index (χ3n) is 3.41. The van der Waals surface area contributed by atoms with E-state index in [4.69, 9.17) is 14.9 Å². The van der Waals surface area contributed by atoms with Gasteiger partial charge in [-0.25, -0.2) is 4.98 Å². The third-order valence-corrected chi connectivity index (χ3v) is 3.41. The lowest BCUT2D eigenvalue weighted by Crippen LogP contribution is -2.19. The Hall–Kier alpha value is -1.55. The van der Waals surface area contributed by atoms with Gasteiger partial charge < -0.3 is 14.9 Å². The topological polar surface area (TPSA) is 61.3 Å². The van der Waals surface area contributed by atoms with Crippen molar-refractivity contribution in [1.29, 1.82) is 0 Å². The van der Waals surface area contributed by atoms with Crippen molar-refractivity contribution in [3.63, 3.8) is 0 Å². The third kappa shape index (κ3) is 2.48. The van der Waals surface area contributed by atoms with Gasteiger partial charge >= 0.3 is 0 Å². The molecule has 1 aliphatic heterocycles. The SMILES string of the molecule is Nc1ccc2oc(CCC3CCCCO3)nc2c1. The minimum absolute atomic E-state index is 0.374. The zero-order valence-electron chi connectivity index (χ0n) is 10.4. The summed E-state index contributed by atoms with van der Waals surface area (Å²) in [5.41, 5.74) is 8.09. The smallest absolute Gasteiger partial charge is 0.195 e. The molecule has 1 aliphatic rings. The number of aryl methyl sites for hydroxylation is 1. The number of nitrogens with zero attached hydrogens (tertiary/aromatic N) is 1. The van der Waals surface area contributed by atoms with Crippen molar-refractivity contribution in [2.24, 2.45) is 0 Å². The first-order valence-electron chi connectivity index (χ1n) is 6.58. The fraction of sp³-hybridized carbons (Fsp3) is 0.500. The van der Waals surface area contributed by atoms with Crippen LogP contribution in [0.5, 0.6) is 0 Å². The van der Waals surface area contributed by atoms with Gasteiger partial charge in [0.1, 0.15) is 5.52 Å². The number of anilines is 1. The molecule has 0 radical (unpaired) electrons. The van der Waals surface area contributed by atoms with E-state index in [1.165, 1.54) is 12.8 Å². The first kappa shape index (κ1) is 11.5. The molecule has 1 atom stereocenters. The van der Waals surface area contributed by atoms with Gasteiger partial charge in [0.05, 0.1) is 6.10 Å². The van der Waals surface area contributed by atoms with E-state index in [2.05, 4.69) is 4.98 Å².